The minimum absolute atomic E-state index is 0.138. The number of benzene rings is 1. The van der Waals surface area contributed by atoms with Gasteiger partial charge < -0.3 is 11.1 Å². The number of hydrogen-bond acceptors (Lipinski definition) is 3. The molecular weight excluding hydrogens is 298 g/mol. The van der Waals surface area contributed by atoms with Crippen molar-refractivity contribution in [3.8, 4) is 0 Å². The van der Waals surface area contributed by atoms with Crippen molar-refractivity contribution in [1.29, 1.82) is 0 Å². The molecule has 1 amide bonds. The number of aromatic nitrogens is 1. The first-order valence-electron chi connectivity index (χ1n) is 8.71. The smallest absolute Gasteiger partial charge is 0.231 e. The lowest BCUT2D eigenvalue weighted by molar-refractivity contribution is -0.124. The summed E-state index contributed by atoms with van der Waals surface area (Å²) in [6.45, 7) is 0.434. The van der Waals surface area contributed by atoms with Crippen molar-refractivity contribution in [3.05, 3.63) is 59.8 Å². The van der Waals surface area contributed by atoms with E-state index >= 15 is 0 Å². The van der Waals surface area contributed by atoms with Gasteiger partial charge in [-0.2, -0.15) is 0 Å². The second-order valence-electron chi connectivity index (χ2n) is 7.17. The maximum atomic E-state index is 13.2. The number of anilines is 1. The number of pyridine rings is 1. The fourth-order valence-electron chi connectivity index (χ4n) is 4.63. The molecule has 2 aliphatic rings. The zero-order valence-corrected chi connectivity index (χ0v) is 13.8. The number of carbonyl (C=O) groups is 1. The summed E-state index contributed by atoms with van der Waals surface area (Å²) >= 11 is 0. The second kappa shape index (κ2) is 5.62. The lowest BCUT2D eigenvalue weighted by atomic mass is 9.84. The van der Waals surface area contributed by atoms with Crippen LogP contribution >= 0.6 is 0 Å². The summed E-state index contributed by atoms with van der Waals surface area (Å²) in [5, 5.41) is 3.13. The molecule has 24 heavy (non-hydrogen) atoms. The van der Waals surface area contributed by atoms with Crippen molar-refractivity contribution in [2.75, 3.05) is 5.73 Å². The summed E-state index contributed by atoms with van der Waals surface area (Å²) in [4.78, 5) is 17.3. The summed E-state index contributed by atoms with van der Waals surface area (Å²) in [6.07, 6.45) is 7.42. The van der Waals surface area contributed by atoms with Crippen molar-refractivity contribution in [2.24, 2.45) is 5.41 Å². The molecule has 1 spiro atoms. The zero-order chi connectivity index (χ0) is 16.6. The molecule has 1 atom stereocenters. The van der Waals surface area contributed by atoms with E-state index in [1.54, 1.807) is 6.20 Å². The van der Waals surface area contributed by atoms with Crippen LogP contribution in [0.5, 0.6) is 0 Å². The van der Waals surface area contributed by atoms with Crippen LogP contribution in [0, 0.1) is 5.41 Å². The Morgan fingerprint density at radius 1 is 1.12 bits per heavy atom. The third kappa shape index (κ3) is 2.20. The van der Waals surface area contributed by atoms with Crippen LogP contribution in [0.25, 0.3) is 0 Å². The standard InChI is InChI=1S/C20H23N3O/c21-17-15(7-6-12-22-17)13-23-18(24)20(16-8-2-1-3-9-16)14-19(20)10-4-5-11-19/h1-3,6-9,12H,4-5,10-11,13-14H2,(H2,21,22)(H,23,24). The quantitative estimate of drug-likeness (QED) is 0.909. The molecule has 1 aromatic carbocycles. The number of nitrogens with one attached hydrogen (secondary N) is 1. The lowest BCUT2D eigenvalue weighted by Gasteiger charge is -2.23. The summed E-state index contributed by atoms with van der Waals surface area (Å²) in [5.74, 6) is 0.622. The molecule has 0 saturated heterocycles. The van der Waals surface area contributed by atoms with E-state index in [4.69, 9.17) is 5.73 Å². The second-order valence-corrected chi connectivity index (χ2v) is 7.17. The average Bonchev–Trinajstić information content (AvgIpc) is 3.02. The number of nitrogens with zero attached hydrogens (tertiary/aromatic N) is 1. The van der Waals surface area contributed by atoms with Crippen LogP contribution in [0.3, 0.4) is 0 Å². The topological polar surface area (TPSA) is 68.0 Å². The SMILES string of the molecule is Nc1ncccc1CNC(=O)C1(c2ccccc2)CC12CCCC2. The lowest BCUT2D eigenvalue weighted by Crippen LogP contribution is -2.38. The Morgan fingerprint density at radius 3 is 2.58 bits per heavy atom. The van der Waals surface area contributed by atoms with Crippen LogP contribution in [-0.2, 0) is 16.8 Å². The molecule has 4 nitrogen and oxygen atoms in total. The van der Waals surface area contributed by atoms with Gasteiger partial charge >= 0.3 is 0 Å². The van der Waals surface area contributed by atoms with Crippen LogP contribution in [0.1, 0.15) is 43.2 Å². The molecule has 2 aliphatic carbocycles. The number of carbonyl (C=O) groups excluding carboxylic acids is 1. The van der Waals surface area contributed by atoms with E-state index in [0.717, 1.165) is 30.4 Å². The predicted molar refractivity (Wildman–Crippen MR) is 94.1 cm³/mol. The number of rotatable bonds is 4. The fourth-order valence-corrected chi connectivity index (χ4v) is 4.63. The Labute approximate surface area is 142 Å². The van der Waals surface area contributed by atoms with E-state index in [-0.39, 0.29) is 16.7 Å². The van der Waals surface area contributed by atoms with E-state index in [2.05, 4.69) is 22.4 Å². The minimum atomic E-state index is -0.359. The molecule has 1 unspecified atom stereocenters. The Hall–Kier alpha value is -2.36. The highest BCUT2D eigenvalue weighted by Crippen LogP contribution is 2.72. The summed E-state index contributed by atoms with van der Waals surface area (Å²) < 4.78 is 0. The first kappa shape index (κ1) is 15.2. The van der Waals surface area contributed by atoms with Gasteiger partial charge in [-0.15, -0.1) is 0 Å². The highest BCUT2D eigenvalue weighted by Gasteiger charge is 2.72. The molecule has 4 rings (SSSR count). The van der Waals surface area contributed by atoms with Crippen LogP contribution < -0.4 is 11.1 Å². The van der Waals surface area contributed by atoms with Gasteiger partial charge in [-0.3, -0.25) is 4.79 Å². The number of nitrogens with two attached hydrogens (primary N) is 1. The third-order valence-electron chi connectivity index (χ3n) is 5.96. The highest BCUT2D eigenvalue weighted by atomic mass is 16.2. The number of amides is 1. The van der Waals surface area contributed by atoms with Crippen molar-refractivity contribution >= 4 is 11.7 Å². The molecule has 0 bridgehead atoms. The van der Waals surface area contributed by atoms with Crippen LogP contribution in [-0.4, -0.2) is 10.9 Å². The molecule has 2 saturated carbocycles. The molecule has 0 aliphatic heterocycles. The van der Waals surface area contributed by atoms with Gasteiger partial charge in [-0.25, -0.2) is 4.98 Å². The monoisotopic (exact) mass is 321 g/mol. The van der Waals surface area contributed by atoms with E-state index < -0.39 is 0 Å². The van der Waals surface area contributed by atoms with Gasteiger partial charge in [0, 0.05) is 18.3 Å². The van der Waals surface area contributed by atoms with Gasteiger partial charge in [-0.05, 0) is 36.3 Å². The first-order chi connectivity index (χ1) is 11.7. The maximum absolute atomic E-state index is 13.2. The van der Waals surface area contributed by atoms with Crippen LogP contribution in [0.4, 0.5) is 5.82 Å². The molecular formula is C20H23N3O. The number of nitrogen functional groups attached to an aromatic ring is 1. The molecule has 3 N–H and O–H groups in total. The predicted octanol–water partition coefficient (Wildman–Crippen LogP) is 3.18. The summed E-state index contributed by atoms with van der Waals surface area (Å²) in [6, 6.07) is 14.0. The van der Waals surface area contributed by atoms with E-state index in [1.165, 1.54) is 12.8 Å². The summed E-state index contributed by atoms with van der Waals surface area (Å²) in [5.41, 5.74) is 7.73. The molecule has 4 heteroatoms. The van der Waals surface area contributed by atoms with Gasteiger partial charge in [0.2, 0.25) is 5.91 Å². The molecule has 1 aromatic heterocycles. The normalized spacial score (nSPS) is 24.0. The molecule has 124 valence electrons. The molecule has 0 radical (unpaired) electrons. The van der Waals surface area contributed by atoms with E-state index in [1.807, 2.05) is 30.3 Å². The van der Waals surface area contributed by atoms with Crippen LogP contribution in [0.15, 0.2) is 48.7 Å². The molecule has 2 fully saturated rings. The number of hydrogen-bond donors (Lipinski definition) is 2. The minimum Gasteiger partial charge on any atom is -0.383 e. The Bertz CT molecular complexity index is 752. The largest absolute Gasteiger partial charge is 0.383 e. The van der Waals surface area contributed by atoms with Gasteiger partial charge in [0.15, 0.2) is 0 Å². The Morgan fingerprint density at radius 2 is 1.88 bits per heavy atom. The Kier molecular flexibility index (Phi) is 3.56. The average molecular weight is 321 g/mol. The maximum Gasteiger partial charge on any atom is 0.231 e. The van der Waals surface area contributed by atoms with Crippen molar-refractivity contribution in [1.82, 2.24) is 10.3 Å². The molecule has 2 aromatic rings. The van der Waals surface area contributed by atoms with Gasteiger partial charge in [0.05, 0.1) is 5.41 Å². The molecule has 1 heterocycles. The van der Waals surface area contributed by atoms with Crippen molar-refractivity contribution in [3.63, 3.8) is 0 Å². The van der Waals surface area contributed by atoms with Crippen molar-refractivity contribution in [2.45, 2.75) is 44.1 Å². The highest BCUT2D eigenvalue weighted by molar-refractivity contribution is 5.93. The zero-order valence-electron chi connectivity index (χ0n) is 13.8. The van der Waals surface area contributed by atoms with Gasteiger partial charge in [0.1, 0.15) is 5.82 Å². The van der Waals surface area contributed by atoms with Crippen molar-refractivity contribution < 1.29 is 4.79 Å². The van der Waals surface area contributed by atoms with Gasteiger partial charge in [0.25, 0.3) is 0 Å². The first-order valence-corrected chi connectivity index (χ1v) is 8.71. The van der Waals surface area contributed by atoms with E-state index in [9.17, 15) is 4.79 Å². The summed E-state index contributed by atoms with van der Waals surface area (Å²) in [7, 11) is 0. The van der Waals surface area contributed by atoms with E-state index in [0.29, 0.717) is 12.4 Å². The Balaban J connectivity index is 1.59. The van der Waals surface area contributed by atoms with Gasteiger partial charge in [-0.1, -0.05) is 49.2 Å². The third-order valence-corrected chi connectivity index (χ3v) is 5.96. The van der Waals surface area contributed by atoms with Crippen LogP contribution in [0.2, 0.25) is 0 Å². The fraction of sp³-hybridized carbons (Fsp3) is 0.400.